The summed E-state index contributed by atoms with van der Waals surface area (Å²) in [5.74, 6) is -0.725. The van der Waals surface area contributed by atoms with Gasteiger partial charge in [0.2, 0.25) is 5.91 Å². The lowest BCUT2D eigenvalue weighted by atomic mass is 9.96. The van der Waals surface area contributed by atoms with Gasteiger partial charge in [-0.15, -0.1) is 0 Å². The molecule has 0 aromatic heterocycles. The number of nitrogens with two attached hydrogens (primary N) is 1. The second-order valence-electron chi connectivity index (χ2n) is 3.38. The Labute approximate surface area is 77.6 Å². The SMILES string of the molecule is CS(=O)(=O)C1(C(N)=O)CCNCC1. The summed E-state index contributed by atoms with van der Waals surface area (Å²) in [6, 6.07) is 0. The van der Waals surface area contributed by atoms with Gasteiger partial charge in [0.1, 0.15) is 0 Å². The number of hydrogen-bond donors (Lipinski definition) is 2. The van der Waals surface area contributed by atoms with Crippen molar-refractivity contribution in [2.24, 2.45) is 5.73 Å². The minimum absolute atomic E-state index is 0.279. The van der Waals surface area contributed by atoms with Crippen LogP contribution in [0.2, 0.25) is 0 Å². The van der Waals surface area contributed by atoms with Crippen LogP contribution in [0.25, 0.3) is 0 Å². The molecule has 1 saturated heterocycles. The van der Waals surface area contributed by atoms with Gasteiger partial charge in [-0.25, -0.2) is 8.42 Å². The molecule has 0 radical (unpaired) electrons. The van der Waals surface area contributed by atoms with Crippen LogP contribution in [-0.4, -0.2) is 38.4 Å². The van der Waals surface area contributed by atoms with Crippen molar-refractivity contribution >= 4 is 15.7 Å². The van der Waals surface area contributed by atoms with Crippen LogP contribution in [0.15, 0.2) is 0 Å². The van der Waals surface area contributed by atoms with Crippen LogP contribution in [0.1, 0.15) is 12.8 Å². The lowest BCUT2D eigenvalue weighted by Crippen LogP contribution is -2.55. The van der Waals surface area contributed by atoms with Crippen molar-refractivity contribution in [3.8, 4) is 0 Å². The number of amides is 1. The number of nitrogens with one attached hydrogen (secondary N) is 1. The van der Waals surface area contributed by atoms with Crippen LogP contribution in [0.5, 0.6) is 0 Å². The van der Waals surface area contributed by atoms with Gasteiger partial charge in [-0.3, -0.25) is 4.79 Å². The maximum Gasteiger partial charge on any atom is 0.238 e. The van der Waals surface area contributed by atoms with E-state index >= 15 is 0 Å². The van der Waals surface area contributed by atoms with Crippen molar-refractivity contribution in [3.05, 3.63) is 0 Å². The van der Waals surface area contributed by atoms with Crippen LogP contribution < -0.4 is 11.1 Å². The molecule has 0 atom stereocenters. The van der Waals surface area contributed by atoms with E-state index in [1.54, 1.807) is 0 Å². The summed E-state index contributed by atoms with van der Waals surface area (Å²) in [5, 5.41) is 2.99. The smallest absolute Gasteiger partial charge is 0.238 e. The van der Waals surface area contributed by atoms with Gasteiger partial charge in [0.05, 0.1) is 0 Å². The van der Waals surface area contributed by atoms with Gasteiger partial charge < -0.3 is 11.1 Å². The molecule has 0 aliphatic carbocycles. The van der Waals surface area contributed by atoms with E-state index in [4.69, 9.17) is 5.73 Å². The molecule has 13 heavy (non-hydrogen) atoms. The molecule has 1 aliphatic rings. The van der Waals surface area contributed by atoms with Gasteiger partial charge in [0, 0.05) is 6.26 Å². The number of primary amides is 1. The van der Waals surface area contributed by atoms with Crippen LogP contribution in [0, 0.1) is 0 Å². The molecule has 0 saturated carbocycles. The Morgan fingerprint density at radius 3 is 2.08 bits per heavy atom. The zero-order valence-electron chi connectivity index (χ0n) is 7.54. The Balaban J connectivity index is 3.07. The van der Waals surface area contributed by atoms with Gasteiger partial charge in [-0.05, 0) is 25.9 Å². The van der Waals surface area contributed by atoms with Gasteiger partial charge in [-0.2, -0.15) is 0 Å². The van der Waals surface area contributed by atoms with E-state index in [0.717, 1.165) is 6.26 Å². The monoisotopic (exact) mass is 206 g/mol. The predicted octanol–water partition coefficient (Wildman–Crippen LogP) is -1.36. The van der Waals surface area contributed by atoms with Crippen molar-refractivity contribution in [3.63, 3.8) is 0 Å². The molecule has 1 amide bonds. The molecule has 1 fully saturated rings. The van der Waals surface area contributed by atoms with E-state index in [2.05, 4.69) is 5.32 Å². The minimum Gasteiger partial charge on any atom is -0.368 e. The maximum atomic E-state index is 11.4. The summed E-state index contributed by atoms with van der Waals surface area (Å²) in [6.45, 7) is 1.05. The lowest BCUT2D eigenvalue weighted by Gasteiger charge is -2.32. The van der Waals surface area contributed by atoms with Gasteiger partial charge >= 0.3 is 0 Å². The third-order valence-electron chi connectivity index (χ3n) is 2.57. The first kappa shape index (κ1) is 10.5. The highest BCUT2D eigenvalue weighted by Crippen LogP contribution is 2.26. The maximum absolute atomic E-state index is 11.4. The van der Waals surface area contributed by atoms with E-state index in [-0.39, 0.29) is 12.8 Å². The van der Waals surface area contributed by atoms with E-state index in [1.807, 2.05) is 0 Å². The van der Waals surface area contributed by atoms with Crippen LogP contribution in [-0.2, 0) is 14.6 Å². The first-order chi connectivity index (χ1) is 5.90. The fraction of sp³-hybridized carbons (Fsp3) is 0.857. The Morgan fingerprint density at radius 2 is 1.85 bits per heavy atom. The fourth-order valence-corrected chi connectivity index (χ4v) is 2.94. The number of piperidine rings is 1. The van der Waals surface area contributed by atoms with E-state index in [9.17, 15) is 13.2 Å². The normalized spacial score (nSPS) is 22.5. The summed E-state index contributed by atoms with van der Waals surface area (Å²) < 4.78 is 21.5. The largest absolute Gasteiger partial charge is 0.368 e. The molecule has 76 valence electrons. The molecule has 1 heterocycles. The molecule has 0 unspecified atom stereocenters. The number of rotatable bonds is 2. The van der Waals surface area contributed by atoms with Crippen molar-refractivity contribution in [1.29, 1.82) is 0 Å². The first-order valence-corrected chi connectivity index (χ1v) is 5.99. The van der Waals surface area contributed by atoms with E-state index in [1.165, 1.54) is 0 Å². The molecule has 0 bridgehead atoms. The number of carbonyl (C=O) groups is 1. The Bertz CT molecular complexity index is 304. The summed E-state index contributed by atoms with van der Waals surface area (Å²) in [5.41, 5.74) is 5.14. The second kappa shape index (κ2) is 3.26. The average molecular weight is 206 g/mol. The van der Waals surface area contributed by atoms with Crippen LogP contribution in [0.4, 0.5) is 0 Å². The molecular weight excluding hydrogens is 192 g/mol. The topological polar surface area (TPSA) is 89.3 Å². The highest BCUT2D eigenvalue weighted by molar-refractivity contribution is 7.92. The summed E-state index contributed by atoms with van der Waals surface area (Å²) in [4.78, 5) is 11.1. The minimum atomic E-state index is -3.40. The Morgan fingerprint density at radius 1 is 1.38 bits per heavy atom. The van der Waals surface area contributed by atoms with Crippen molar-refractivity contribution in [1.82, 2.24) is 5.32 Å². The molecule has 3 N–H and O–H groups in total. The Hall–Kier alpha value is -0.620. The molecule has 5 nitrogen and oxygen atoms in total. The van der Waals surface area contributed by atoms with Crippen LogP contribution in [0.3, 0.4) is 0 Å². The highest BCUT2D eigenvalue weighted by Gasteiger charge is 2.47. The standard InChI is InChI=1S/C7H14N2O3S/c1-13(11,12)7(6(8)10)2-4-9-5-3-7/h9H,2-5H2,1H3,(H2,8,10). The summed E-state index contributed by atoms with van der Waals surface area (Å²) >= 11 is 0. The van der Waals surface area contributed by atoms with Gasteiger partial charge in [0.25, 0.3) is 0 Å². The third kappa shape index (κ3) is 1.68. The van der Waals surface area contributed by atoms with Gasteiger partial charge in [-0.1, -0.05) is 0 Å². The average Bonchev–Trinajstić information content (AvgIpc) is 2.03. The van der Waals surface area contributed by atoms with Gasteiger partial charge in [0.15, 0.2) is 14.6 Å². The van der Waals surface area contributed by atoms with Crippen molar-refractivity contribution in [2.45, 2.75) is 17.6 Å². The highest BCUT2D eigenvalue weighted by atomic mass is 32.2. The molecule has 0 aromatic rings. The van der Waals surface area contributed by atoms with Crippen molar-refractivity contribution in [2.75, 3.05) is 19.3 Å². The zero-order valence-corrected chi connectivity index (χ0v) is 8.36. The van der Waals surface area contributed by atoms with Crippen LogP contribution >= 0.6 is 0 Å². The number of sulfone groups is 1. The first-order valence-electron chi connectivity index (χ1n) is 4.10. The summed E-state index contributed by atoms with van der Waals surface area (Å²) in [6.07, 6.45) is 1.63. The predicted molar refractivity (Wildman–Crippen MR) is 48.9 cm³/mol. The third-order valence-corrected chi connectivity index (χ3v) is 4.60. The molecule has 1 aliphatic heterocycles. The zero-order chi connectivity index (χ0) is 10.1. The Kier molecular flexibility index (Phi) is 2.63. The fourth-order valence-electron chi connectivity index (χ4n) is 1.63. The lowest BCUT2D eigenvalue weighted by molar-refractivity contribution is -0.121. The quantitative estimate of drug-likeness (QED) is 0.584. The molecule has 0 spiro atoms. The molecule has 6 heteroatoms. The molecular formula is C7H14N2O3S. The second-order valence-corrected chi connectivity index (χ2v) is 5.71. The molecule has 1 rings (SSSR count). The molecule has 0 aromatic carbocycles. The van der Waals surface area contributed by atoms with E-state index < -0.39 is 20.5 Å². The number of hydrogen-bond acceptors (Lipinski definition) is 4. The van der Waals surface area contributed by atoms with Crippen molar-refractivity contribution < 1.29 is 13.2 Å². The number of carbonyl (C=O) groups excluding carboxylic acids is 1. The summed E-state index contributed by atoms with van der Waals surface area (Å²) in [7, 11) is -3.40. The van der Waals surface area contributed by atoms with E-state index in [0.29, 0.717) is 13.1 Å².